The van der Waals surface area contributed by atoms with Crippen LogP contribution in [0, 0.1) is 0 Å². The van der Waals surface area contributed by atoms with E-state index in [0.29, 0.717) is 5.56 Å². The van der Waals surface area contributed by atoms with E-state index in [1.165, 1.54) is 25.1 Å². The Balaban J connectivity index is 2.15. The molecule has 0 aliphatic carbocycles. The van der Waals surface area contributed by atoms with Crippen LogP contribution in [0.1, 0.15) is 27.6 Å². The molecule has 0 fully saturated rings. The fraction of sp³-hybridized carbons (Fsp3) is 0.176. The van der Waals surface area contributed by atoms with E-state index >= 15 is 0 Å². The largest absolute Gasteiger partial charge is 0.454 e. The summed E-state index contributed by atoms with van der Waals surface area (Å²) in [4.78, 5) is 24.0. The first kappa shape index (κ1) is 16.9. The Morgan fingerprint density at radius 2 is 1.57 bits per heavy atom. The van der Waals surface area contributed by atoms with E-state index < -0.39 is 22.4 Å². The van der Waals surface area contributed by atoms with Crippen molar-refractivity contribution < 1.29 is 22.7 Å². The molecule has 6 heteroatoms. The summed E-state index contributed by atoms with van der Waals surface area (Å²) in [5.41, 5.74) is 0.366. The van der Waals surface area contributed by atoms with Crippen LogP contribution in [-0.4, -0.2) is 32.5 Å². The highest BCUT2D eigenvalue weighted by molar-refractivity contribution is 7.91. The van der Waals surface area contributed by atoms with Crippen molar-refractivity contribution >= 4 is 21.6 Å². The third-order valence-corrected chi connectivity index (χ3v) is 5.04. The first-order chi connectivity index (χ1) is 11.0. The number of esters is 1. The van der Waals surface area contributed by atoms with E-state index in [1.807, 2.05) is 0 Å². The summed E-state index contributed by atoms with van der Waals surface area (Å²) in [6.45, 7) is 1.06. The van der Waals surface area contributed by atoms with Gasteiger partial charge in [-0.25, -0.2) is 13.2 Å². The van der Waals surface area contributed by atoms with Crippen LogP contribution in [0.3, 0.4) is 0 Å². The first-order valence-electron chi connectivity index (χ1n) is 7.03. The van der Waals surface area contributed by atoms with Crippen LogP contribution in [-0.2, 0) is 14.6 Å². The molecule has 2 rings (SSSR count). The van der Waals surface area contributed by atoms with Crippen LogP contribution in [0.15, 0.2) is 59.5 Å². The van der Waals surface area contributed by atoms with E-state index in [-0.39, 0.29) is 22.0 Å². The third kappa shape index (κ3) is 4.04. The van der Waals surface area contributed by atoms with Gasteiger partial charge in [-0.3, -0.25) is 4.79 Å². The molecule has 0 N–H and O–H groups in total. The maximum Gasteiger partial charge on any atom is 0.339 e. The Hall–Kier alpha value is -2.47. The van der Waals surface area contributed by atoms with Gasteiger partial charge in [0.25, 0.3) is 0 Å². The molecule has 0 radical (unpaired) electrons. The lowest BCUT2D eigenvalue weighted by atomic mass is 10.1. The van der Waals surface area contributed by atoms with Crippen LogP contribution < -0.4 is 0 Å². The molecule has 2 aromatic rings. The lowest BCUT2D eigenvalue weighted by Gasteiger charge is -2.09. The molecule has 0 aliphatic heterocycles. The van der Waals surface area contributed by atoms with Gasteiger partial charge in [0.15, 0.2) is 22.2 Å². The molecule has 0 bridgehead atoms. The zero-order valence-corrected chi connectivity index (χ0v) is 13.4. The minimum atomic E-state index is -3.55. The maximum atomic E-state index is 12.1. The Labute approximate surface area is 134 Å². The van der Waals surface area contributed by atoms with E-state index in [2.05, 4.69) is 0 Å². The van der Waals surface area contributed by atoms with Crippen molar-refractivity contribution in [3.63, 3.8) is 0 Å². The number of carbonyl (C=O) groups excluding carboxylic acids is 2. The Morgan fingerprint density at radius 3 is 2.22 bits per heavy atom. The summed E-state index contributed by atoms with van der Waals surface area (Å²) in [7, 11) is -3.55. The normalized spacial score (nSPS) is 11.0. The van der Waals surface area contributed by atoms with Gasteiger partial charge in [0, 0.05) is 5.56 Å². The molecule has 0 saturated heterocycles. The number of ether oxygens (including phenoxy) is 1. The number of hydrogen-bond donors (Lipinski definition) is 0. The highest BCUT2D eigenvalue weighted by Crippen LogP contribution is 2.18. The highest BCUT2D eigenvalue weighted by atomic mass is 32.2. The summed E-state index contributed by atoms with van der Waals surface area (Å²) in [6.07, 6.45) is 0. The van der Waals surface area contributed by atoms with Crippen molar-refractivity contribution in [1.29, 1.82) is 0 Å². The molecular weight excluding hydrogens is 316 g/mol. The summed E-state index contributed by atoms with van der Waals surface area (Å²) in [5.74, 6) is -1.31. The quantitative estimate of drug-likeness (QED) is 0.600. The third-order valence-electron chi connectivity index (χ3n) is 3.25. The predicted octanol–water partition coefficient (Wildman–Crippen LogP) is 2.52. The smallest absolute Gasteiger partial charge is 0.339 e. The molecule has 0 atom stereocenters. The minimum absolute atomic E-state index is 0.0600. The molecule has 0 aromatic heterocycles. The van der Waals surface area contributed by atoms with Gasteiger partial charge >= 0.3 is 5.97 Å². The molecule has 0 unspecified atom stereocenters. The molecule has 120 valence electrons. The average Bonchev–Trinajstić information content (AvgIpc) is 2.60. The van der Waals surface area contributed by atoms with Crippen molar-refractivity contribution in [2.75, 3.05) is 12.4 Å². The monoisotopic (exact) mass is 332 g/mol. The highest BCUT2D eigenvalue weighted by Gasteiger charge is 2.22. The average molecular weight is 332 g/mol. The van der Waals surface area contributed by atoms with Crippen molar-refractivity contribution in [2.45, 2.75) is 11.8 Å². The zero-order valence-electron chi connectivity index (χ0n) is 12.6. The summed E-state index contributed by atoms with van der Waals surface area (Å²) >= 11 is 0. The van der Waals surface area contributed by atoms with Crippen molar-refractivity contribution in [2.24, 2.45) is 0 Å². The van der Waals surface area contributed by atoms with E-state index in [9.17, 15) is 18.0 Å². The second kappa shape index (κ2) is 7.19. The standard InChI is InChI=1S/C17H16O5S/c1-2-23(20,21)16-11-7-6-10-14(16)17(19)22-12-15(18)13-8-4-3-5-9-13/h3-11H,2,12H2,1H3. The first-order valence-corrected chi connectivity index (χ1v) is 8.68. The molecule has 0 spiro atoms. The second-order valence-electron chi connectivity index (χ2n) is 4.76. The number of sulfone groups is 1. The van der Waals surface area contributed by atoms with Crippen LogP contribution >= 0.6 is 0 Å². The minimum Gasteiger partial charge on any atom is -0.454 e. The van der Waals surface area contributed by atoms with E-state index in [0.717, 1.165) is 0 Å². The number of carbonyl (C=O) groups is 2. The molecule has 0 amide bonds. The Morgan fingerprint density at radius 1 is 0.957 bits per heavy atom. The van der Waals surface area contributed by atoms with Gasteiger partial charge in [0.05, 0.1) is 16.2 Å². The van der Waals surface area contributed by atoms with Crippen LogP contribution in [0.5, 0.6) is 0 Å². The van der Waals surface area contributed by atoms with Gasteiger partial charge in [-0.1, -0.05) is 49.4 Å². The maximum absolute atomic E-state index is 12.1. The van der Waals surface area contributed by atoms with Gasteiger partial charge in [0.2, 0.25) is 0 Å². The molecule has 5 nitrogen and oxygen atoms in total. The lowest BCUT2D eigenvalue weighted by Crippen LogP contribution is -2.17. The van der Waals surface area contributed by atoms with Crippen LogP contribution in [0.25, 0.3) is 0 Å². The van der Waals surface area contributed by atoms with Gasteiger partial charge in [-0.2, -0.15) is 0 Å². The van der Waals surface area contributed by atoms with Gasteiger partial charge in [0.1, 0.15) is 0 Å². The van der Waals surface area contributed by atoms with Gasteiger partial charge < -0.3 is 4.74 Å². The number of ketones is 1. The summed E-state index contributed by atoms with van der Waals surface area (Å²) in [5, 5.41) is 0. The molecule has 2 aromatic carbocycles. The fourth-order valence-electron chi connectivity index (χ4n) is 1.98. The zero-order chi connectivity index (χ0) is 16.9. The summed E-state index contributed by atoms with van der Waals surface area (Å²) < 4.78 is 29.0. The van der Waals surface area contributed by atoms with Crippen molar-refractivity contribution in [3.05, 3.63) is 65.7 Å². The molecule has 0 heterocycles. The molecule has 0 aliphatic rings. The SMILES string of the molecule is CCS(=O)(=O)c1ccccc1C(=O)OCC(=O)c1ccccc1. The number of benzene rings is 2. The molecular formula is C17H16O5S. The Kier molecular flexibility index (Phi) is 5.28. The van der Waals surface area contributed by atoms with Gasteiger partial charge in [-0.15, -0.1) is 0 Å². The van der Waals surface area contributed by atoms with Crippen molar-refractivity contribution in [1.82, 2.24) is 0 Å². The van der Waals surface area contributed by atoms with Crippen LogP contribution in [0.2, 0.25) is 0 Å². The lowest BCUT2D eigenvalue weighted by molar-refractivity contribution is 0.0471. The predicted molar refractivity (Wildman–Crippen MR) is 85.2 cm³/mol. The van der Waals surface area contributed by atoms with Crippen molar-refractivity contribution in [3.8, 4) is 0 Å². The second-order valence-corrected chi connectivity index (χ2v) is 7.01. The van der Waals surface area contributed by atoms with Crippen LogP contribution in [0.4, 0.5) is 0 Å². The van der Waals surface area contributed by atoms with E-state index in [1.54, 1.807) is 36.4 Å². The number of Topliss-reactive ketones (excluding diaryl/α,β-unsaturated/α-hetero) is 1. The topological polar surface area (TPSA) is 77.5 Å². The summed E-state index contributed by atoms with van der Waals surface area (Å²) in [6, 6.07) is 14.2. The fourth-order valence-corrected chi connectivity index (χ4v) is 3.06. The number of rotatable bonds is 6. The molecule has 0 saturated carbocycles. The van der Waals surface area contributed by atoms with E-state index in [4.69, 9.17) is 4.74 Å². The Bertz CT molecular complexity index is 810. The number of hydrogen-bond acceptors (Lipinski definition) is 5. The molecule has 23 heavy (non-hydrogen) atoms. The van der Waals surface area contributed by atoms with Gasteiger partial charge in [-0.05, 0) is 12.1 Å².